The molecule has 4 nitrogen and oxygen atoms in total. The van der Waals surface area contributed by atoms with E-state index >= 15 is 0 Å². The van der Waals surface area contributed by atoms with E-state index in [4.69, 9.17) is 13.0 Å². The van der Waals surface area contributed by atoms with Gasteiger partial charge in [0.05, 0.1) is 5.69 Å². The lowest BCUT2D eigenvalue weighted by atomic mass is 10.1. The quantitative estimate of drug-likeness (QED) is 0.493. The van der Waals surface area contributed by atoms with Crippen LogP contribution in [0.5, 0.6) is 0 Å². The zero-order chi connectivity index (χ0) is 16.1. The van der Waals surface area contributed by atoms with Crippen molar-refractivity contribution in [2.45, 2.75) is 5.51 Å². The maximum absolute atomic E-state index is 10.7. The average molecular weight is 337 g/mol. The predicted molar refractivity (Wildman–Crippen MR) is 76.6 cm³/mol. The maximum atomic E-state index is 10.7. The zero-order valence-electron chi connectivity index (χ0n) is 10.4. The van der Waals surface area contributed by atoms with Gasteiger partial charge in [-0.05, 0) is 17.4 Å². The molecule has 0 bridgehead atoms. The lowest BCUT2D eigenvalue weighted by Gasteiger charge is -2.00. The Balaban J connectivity index is 0.000000240. The summed E-state index contributed by atoms with van der Waals surface area (Å²) in [4.78, 5) is 4.30. The van der Waals surface area contributed by atoms with E-state index in [0.29, 0.717) is 0 Å². The fourth-order valence-corrected chi connectivity index (χ4v) is 1.46. The molecule has 1 heterocycles. The third-order valence-electron chi connectivity index (χ3n) is 2.15. The van der Waals surface area contributed by atoms with Crippen LogP contribution in [0.25, 0.3) is 11.3 Å². The maximum Gasteiger partial charge on any atom is 0.522 e. The molecule has 0 fully saturated rings. The van der Waals surface area contributed by atoms with Gasteiger partial charge < -0.3 is 0 Å². The molecule has 0 aliphatic heterocycles. The molecule has 114 valence electrons. The highest BCUT2D eigenvalue weighted by atomic mass is 32.2. The summed E-state index contributed by atoms with van der Waals surface area (Å²) >= 11 is 0. The molecule has 1 unspecified atom stereocenters. The smallest absolute Gasteiger partial charge is 0.279 e. The molecule has 0 aliphatic carbocycles. The van der Waals surface area contributed by atoms with Crippen LogP contribution in [0.2, 0.25) is 0 Å². The van der Waals surface area contributed by atoms with Crippen LogP contribution < -0.4 is 5.30 Å². The predicted octanol–water partition coefficient (Wildman–Crippen LogP) is 2.64. The molecule has 0 radical (unpaired) electrons. The van der Waals surface area contributed by atoms with Crippen LogP contribution in [0.4, 0.5) is 13.2 Å². The van der Waals surface area contributed by atoms with Crippen LogP contribution in [0, 0.1) is 0 Å². The Bertz CT molecular complexity index is 690. The summed E-state index contributed by atoms with van der Waals surface area (Å²) in [6.45, 7) is 0. The van der Waals surface area contributed by atoms with Crippen molar-refractivity contribution >= 4 is 24.7 Å². The van der Waals surface area contributed by atoms with E-state index in [0.717, 1.165) is 16.6 Å². The fourth-order valence-electron chi connectivity index (χ4n) is 1.21. The van der Waals surface area contributed by atoms with Crippen molar-refractivity contribution < 1.29 is 26.1 Å². The molecular weight excluding hydrogens is 326 g/mol. The van der Waals surface area contributed by atoms with Gasteiger partial charge in [-0.3, -0.25) is 9.54 Å². The standard InChI is InChI=1S/C11H10NP.CHF3O3S/c13-10-6-7-12-11(8-10)9-4-2-1-3-5-9;2-1(3,4)8(5,6)7/h1-8H,13H2;(H,5,6,7). The first-order valence-corrected chi connectivity index (χ1v) is 7.43. The first kappa shape index (κ1) is 17.6. The highest BCUT2D eigenvalue weighted by Crippen LogP contribution is 2.20. The Morgan fingerprint density at radius 3 is 2.05 bits per heavy atom. The molecular formula is C12H11F3NO3PS. The zero-order valence-corrected chi connectivity index (χ0v) is 12.4. The van der Waals surface area contributed by atoms with Gasteiger partial charge in [0.1, 0.15) is 0 Å². The van der Waals surface area contributed by atoms with E-state index in [1.165, 1.54) is 0 Å². The van der Waals surface area contributed by atoms with Gasteiger partial charge >= 0.3 is 15.6 Å². The SMILES string of the molecule is O=S(=O)(O)C(F)(F)F.Pc1ccnc(-c2ccccc2)c1. The highest BCUT2D eigenvalue weighted by molar-refractivity contribution is 7.86. The Kier molecular flexibility index (Phi) is 5.83. The Morgan fingerprint density at radius 2 is 1.62 bits per heavy atom. The number of halogens is 3. The van der Waals surface area contributed by atoms with Crippen molar-refractivity contribution in [3.05, 3.63) is 48.7 Å². The molecule has 0 amide bonds. The van der Waals surface area contributed by atoms with Crippen molar-refractivity contribution in [2.75, 3.05) is 0 Å². The molecule has 0 spiro atoms. The molecule has 1 aromatic heterocycles. The Hall–Kier alpha value is -1.50. The number of nitrogens with zero attached hydrogens (tertiary/aromatic N) is 1. The molecule has 1 aromatic carbocycles. The van der Waals surface area contributed by atoms with E-state index in [9.17, 15) is 13.2 Å². The first-order valence-electron chi connectivity index (χ1n) is 5.42. The second-order valence-corrected chi connectivity index (χ2v) is 5.84. The summed E-state index contributed by atoms with van der Waals surface area (Å²) in [6.07, 6.45) is 1.82. The van der Waals surface area contributed by atoms with Gasteiger partial charge in [-0.2, -0.15) is 21.6 Å². The first-order chi connectivity index (χ1) is 9.61. The van der Waals surface area contributed by atoms with Crippen LogP contribution in [0.15, 0.2) is 48.7 Å². The molecule has 21 heavy (non-hydrogen) atoms. The minimum Gasteiger partial charge on any atom is -0.279 e. The Morgan fingerprint density at radius 1 is 1.10 bits per heavy atom. The summed E-state index contributed by atoms with van der Waals surface area (Å²) in [5.41, 5.74) is -3.35. The van der Waals surface area contributed by atoms with E-state index < -0.39 is 15.6 Å². The van der Waals surface area contributed by atoms with Crippen molar-refractivity contribution in [3.63, 3.8) is 0 Å². The van der Waals surface area contributed by atoms with Crippen molar-refractivity contribution in [1.82, 2.24) is 4.98 Å². The highest BCUT2D eigenvalue weighted by Gasteiger charge is 2.44. The largest absolute Gasteiger partial charge is 0.522 e. The van der Waals surface area contributed by atoms with Crippen LogP contribution >= 0.6 is 9.24 Å². The van der Waals surface area contributed by atoms with E-state index in [1.54, 1.807) is 0 Å². The second kappa shape index (κ2) is 6.98. The van der Waals surface area contributed by atoms with Crippen LogP contribution in [-0.2, 0) is 10.1 Å². The lowest BCUT2D eigenvalue weighted by Crippen LogP contribution is -2.21. The van der Waals surface area contributed by atoms with Gasteiger partial charge in [0.15, 0.2) is 0 Å². The molecule has 0 saturated carbocycles. The van der Waals surface area contributed by atoms with E-state index in [-0.39, 0.29) is 0 Å². The summed E-state index contributed by atoms with van der Waals surface area (Å²) in [7, 11) is -3.17. The van der Waals surface area contributed by atoms with Gasteiger partial charge in [-0.15, -0.1) is 9.24 Å². The number of aromatic nitrogens is 1. The summed E-state index contributed by atoms with van der Waals surface area (Å²) in [5, 5.41) is 1.16. The topological polar surface area (TPSA) is 67.3 Å². The van der Waals surface area contributed by atoms with Crippen molar-refractivity contribution in [2.24, 2.45) is 0 Å². The Labute approximate surface area is 122 Å². The molecule has 1 atom stereocenters. The van der Waals surface area contributed by atoms with Gasteiger partial charge in [0.2, 0.25) is 0 Å². The van der Waals surface area contributed by atoms with Crippen molar-refractivity contribution in [1.29, 1.82) is 0 Å². The summed E-state index contributed by atoms with van der Waals surface area (Å²) in [6, 6.07) is 14.2. The molecule has 2 aromatic rings. The van der Waals surface area contributed by atoms with E-state index in [2.05, 4.69) is 32.4 Å². The second-order valence-electron chi connectivity index (χ2n) is 3.76. The number of hydrogen-bond acceptors (Lipinski definition) is 3. The van der Waals surface area contributed by atoms with Gasteiger partial charge in [0, 0.05) is 11.8 Å². The summed E-state index contributed by atoms with van der Waals surface area (Å²) in [5.74, 6) is 0. The molecule has 2 rings (SSSR count). The van der Waals surface area contributed by atoms with Crippen LogP contribution in [0.1, 0.15) is 0 Å². The van der Waals surface area contributed by atoms with E-state index in [1.807, 2.05) is 30.5 Å². The third-order valence-corrected chi connectivity index (χ3v) is 3.09. The molecule has 0 aliphatic rings. The van der Waals surface area contributed by atoms with Gasteiger partial charge in [-0.1, -0.05) is 30.3 Å². The third kappa shape index (κ3) is 5.79. The van der Waals surface area contributed by atoms with Crippen LogP contribution in [0.3, 0.4) is 0 Å². The monoisotopic (exact) mass is 337 g/mol. The van der Waals surface area contributed by atoms with Gasteiger partial charge in [-0.25, -0.2) is 0 Å². The summed E-state index contributed by atoms with van der Waals surface area (Å²) < 4.78 is 57.5. The molecule has 1 N–H and O–H groups in total. The molecule has 0 saturated heterocycles. The van der Waals surface area contributed by atoms with Crippen LogP contribution in [-0.4, -0.2) is 23.5 Å². The molecule has 9 heteroatoms. The van der Waals surface area contributed by atoms with Gasteiger partial charge in [0.25, 0.3) is 0 Å². The minimum atomic E-state index is -5.84. The number of hydrogen-bond donors (Lipinski definition) is 1. The number of pyridine rings is 1. The number of rotatable bonds is 1. The fraction of sp³-hybridized carbons (Fsp3) is 0.0833. The minimum absolute atomic E-state index is 1.02. The number of benzene rings is 1. The number of alkyl halides is 3. The average Bonchev–Trinajstić information content (AvgIpc) is 2.38. The normalized spacial score (nSPS) is 11.5. The lowest BCUT2D eigenvalue weighted by molar-refractivity contribution is -0.0510. The van der Waals surface area contributed by atoms with Crippen molar-refractivity contribution in [3.8, 4) is 11.3 Å².